The smallest absolute Gasteiger partial charge is 0.326 e. The molecular formula is C19H33N5O9. The molecule has 0 spiro atoms. The number of hydrogen-bond donors (Lipinski definition) is 8. The zero-order valence-corrected chi connectivity index (χ0v) is 18.7. The summed E-state index contributed by atoms with van der Waals surface area (Å²) in [4.78, 5) is 70.6. The van der Waals surface area contributed by atoms with Gasteiger partial charge in [-0.1, -0.05) is 20.3 Å². The lowest BCUT2D eigenvalue weighted by atomic mass is 9.96. The fourth-order valence-corrected chi connectivity index (χ4v) is 2.71. The lowest BCUT2D eigenvalue weighted by Crippen LogP contribution is -2.61. The van der Waals surface area contributed by atoms with Crippen LogP contribution in [0.25, 0.3) is 0 Å². The number of hydrogen-bond acceptors (Lipinski definition) is 8. The lowest BCUT2D eigenvalue weighted by molar-refractivity contribution is -0.144. The second-order valence-electron chi connectivity index (χ2n) is 7.71. The second kappa shape index (κ2) is 14.0. The highest BCUT2D eigenvalue weighted by molar-refractivity contribution is 5.95. The van der Waals surface area contributed by atoms with Gasteiger partial charge in [0.1, 0.15) is 18.1 Å². The Morgan fingerprint density at radius 1 is 0.879 bits per heavy atom. The molecule has 10 N–H and O–H groups in total. The quantitative estimate of drug-likeness (QED) is 0.119. The first kappa shape index (κ1) is 29.7. The van der Waals surface area contributed by atoms with Gasteiger partial charge in [0.2, 0.25) is 23.6 Å². The standard InChI is InChI=1S/C19H33N5O9/c1-4-8(2)14(17(30)22-11(19(32)33)5-6-13(27)28)23-18(31)15(9(3)25)24-16(29)10(20)7-12(21)26/h8-11,14-15,25H,4-7,20H2,1-3H3,(H2,21,26)(H,22,30)(H,23,31)(H,24,29)(H,27,28)(H,32,33). The topological polar surface area (TPSA) is 251 Å². The summed E-state index contributed by atoms with van der Waals surface area (Å²) < 4.78 is 0. The van der Waals surface area contributed by atoms with Crippen molar-refractivity contribution in [3.8, 4) is 0 Å². The number of carbonyl (C=O) groups excluding carboxylic acids is 4. The third-order valence-corrected chi connectivity index (χ3v) is 4.88. The first-order valence-electron chi connectivity index (χ1n) is 10.3. The summed E-state index contributed by atoms with van der Waals surface area (Å²) in [6, 6.07) is -5.67. The van der Waals surface area contributed by atoms with Crippen LogP contribution in [0.5, 0.6) is 0 Å². The van der Waals surface area contributed by atoms with Crippen LogP contribution in [-0.2, 0) is 28.8 Å². The molecule has 6 atom stereocenters. The van der Waals surface area contributed by atoms with Gasteiger partial charge in [0, 0.05) is 6.42 Å². The van der Waals surface area contributed by atoms with Crippen molar-refractivity contribution in [3.05, 3.63) is 0 Å². The molecule has 0 rings (SSSR count). The first-order valence-corrected chi connectivity index (χ1v) is 10.3. The highest BCUT2D eigenvalue weighted by Crippen LogP contribution is 2.10. The summed E-state index contributed by atoms with van der Waals surface area (Å²) in [5.41, 5.74) is 10.5. The van der Waals surface area contributed by atoms with E-state index in [0.717, 1.165) is 0 Å². The lowest BCUT2D eigenvalue weighted by Gasteiger charge is -2.28. The van der Waals surface area contributed by atoms with Gasteiger partial charge in [0.15, 0.2) is 0 Å². The van der Waals surface area contributed by atoms with Gasteiger partial charge in [-0.05, 0) is 19.3 Å². The SMILES string of the molecule is CCC(C)C(NC(=O)C(NC(=O)C(N)CC(N)=O)C(C)O)C(=O)NC(CCC(=O)O)C(=O)O. The fourth-order valence-electron chi connectivity index (χ4n) is 2.71. The van der Waals surface area contributed by atoms with Crippen molar-refractivity contribution >= 4 is 35.6 Å². The van der Waals surface area contributed by atoms with E-state index in [4.69, 9.17) is 16.6 Å². The largest absolute Gasteiger partial charge is 0.481 e. The maximum Gasteiger partial charge on any atom is 0.326 e. The molecule has 0 bridgehead atoms. The van der Waals surface area contributed by atoms with Crippen LogP contribution in [0.2, 0.25) is 0 Å². The molecule has 33 heavy (non-hydrogen) atoms. The molecule has 0 heterocycles. The number of nitrogens with two attached hydrogens (primary N) is 2. The Hall–Kier alpha value is -3.26. The number of aliphatic carboxylic acids is 2. The Morgan fingerprint density at radius 3 is 1.82 bits per heavy atom. The van der Waals surface area contributed by atoms with Crippen molar-refractivity contribution in [3.63, 3.8) is 0 Å². The van der Waals surface area contributed by atoms with E-state index in [1.807, 2.05) is 0 Å². The summed E-state index contributed by atoms with van der Waals surface area (Å²) in [5.74, 6) is -6.80. The molecule has 0 aromatic carbocycles. The van der Waals surface area contributed by atoms with Gasteiger partial charge in [-0.3, -0.25) is 24.0 Å². The van der Waals surface area contributed by atoms with Gasteiger partial charge < -0.3 is 42.7 Å². The van der Waals surface area contributed by atoms with E-state index in [9.17, 15) is 39.0 Å². The molecule has 0 aliphatic rings. The number of carboxylic acids is 2. The molecule has 188 valence electrons. The van der Waals surface area contributed by atoms with Crippen LogP contribution >= 0.6 is 0 Å². The summed E-state index contributed by atoms with van der Waals surface area (Å²) in [6.07, 6.45) is -2.40. The third kappa shape index (κ3) is 10.7. The molecule has 4 amide bonds. The number of nitrogens with one attached hydrogen (secondary N) is 3. The minimum Gasteiger partial charge on any atom is -0.481 e. The van der Waals surface area contributed by atoms with Crippen LogP contribution in [0.15, 0.2) is 0 Å². The molecule has 0 radical (unpaired) electrons. The number of aliphatic hydroxyl groups is 1. The van der Waals surface area contributed by atoms with Crippen LogP contribution in [0.4, 0.5) is 0 Å². The Labute approximate surface area is 190 Å². The number of amides is 4. The predicted octanol–water partition coefficient (Wildman–Crippen LogP) is -2.98. The van der Waals surface area contributed by atoms with Gasteiger partial charge in [0.05, 0.1) is 18.6 Å². The van der Waals surface area contributed by atoms with E-state index in [1.165, 1.54) is 6.92 Å². The number of aliphatic hydroxyl groups excluding tert-OH is 1. The Morgan fingerprint density at radius 2 is 1.39 bits per heavy atom. The molecule has 0 saturated heterocycles. The van der Waals surface area contributed by atoms with E-state index >= 15 is 0 Å². The maximum absolute atomic E-state index is 12.7. The van der Waals surface area contributed by atoms with E-state index in [-0.39, 0.29) is 6.42 Å². The summed E-state index contributed by atoms with van der Waals surface area (Å²) in [7, 11) is 0. The van der Waals surface area contributed by atoms with E-state index in [0.29, 0.717) is 6.42 Å². The summed E-state index contributed by atoms with van der Waals surface area (Å²) in [5, 5.41) is 34.7. The summed E-state index contributed by atoms with van der Waals surface area (Å²) in [6.45, 7) is 4.53. The molecule has 0 aromatic heterocycles. The maximum atomic E-state index is 12.7. The first-order chi connectivity index (χ1) is 15.2. The van der Waals surface area contributed by atoms with Crippen molar-refractivity contribution in [2.24, 2.45) is 17.4 Å². The Bertz CT molecular complexity index is 743. The van der Waals surface area contributed by atoms with Crippen molar-refractivity contribution < 1.29 is 44.1 Å². The second-order valence-corrected chi connectivity index (χ2v) is 7.71. The number of primary amides is 1. The van der Waals surface area contributed by atoms with Crippen LogP contribution in [0.1, 0.15) is 46.5 Å². The van der Waals surface area contributed by atoms with Crippen LogP contribution in [0, 0.1) is 5.92 Å². The van der Waals surface area contributed by atoms with Crippen LogP contribution in [-0.4, -0.2) is 81.2 Å². The van der Waals surface area contributed by atoms with Gasteiger partial charge in [-0.2, -0.15) is 0 Å². The average Bonchev–Trinajstić information content (AvgIpc) is 2.70. The molecule has 14 nitrogen and oxygen atoms in total. The Balaban J connectivity index is 5.50. The van der Waals surface area contributed by atoms with Crippen molar-refractivity contribution in [1.29, 1.82) is 0 Å². The highest BCUT2D eigenvalue weighted by Gasteiger charge is 2.34. The zero-order valence-electron chi connectivity index (χ0n) is 18.7. The highest BCUT2D eigenvalue weighted by atomic mass is 16.4. The van der Waals surface area contributed by atoms with Crippen LogP contribution < -0.4 is 27.4 Å². The molecule has 0 saturated carbocycles. The van der Waals surface area contributed by atoms with Crippen LogP contribution in [0.3, 0.4) is 0 Å². The van der Waals surface area contributed by atoms with Gasteiger partial charge >= 0.3 is 11.9 Å². The third-order valence-electron chi connectivity index (χ3n) is 4.88. The molecule has 0 aromatic rings. The molecular weight excluding hydrogens is 442 g/mol. The number of carboxylic acid groups (broad SMARTS) is 2. The minimum atomic E-state index is -1.54. The predicted molar refractivity (Wildman–Crippen MR) is 113 cm³/mol. The molecule has 0 aliphatic heterocycles. The van der Waals surface area contributed by atoms with E-state index in [1.54, 1.807) is 13.8 Å². The molecule has 0 aliphatic carbocycles. The monoisotopic (exact) mass is 475 g/mol. The zero-order chi connectivity index (χ0) is 25.9. The van der Waals surface area contributed by atoms with Gasteiger partial charge in [0.25, 0.3) is 0 Å². The molecule has 14 heteroatoms. The molecule has 0 fully saturated rings. The average molecular weight is 475 g/mol. The van der Waals surface area contributed by atoms with Gasteiger partial charge in [-0.15, -0.1) is 0 Å². The summed E-state index contributed by atoms with van der Waals surface area (Å²) >= 11 is 0. The van der Waals surface area contributed by atoms with Crippen molar-refractivity contribution in [1.82, 2.24) is 16.0 Å². The fraction of sp³-hybridized carbons (Fsp3) is 0.684. The minimum absolute atomic E-state index is 0.373. The van der Waals surface area contributed by atoms with Crippen molar-refractivity contribution in [2.45, 2.75) is 76.7 Å². The Kier molecular flexibility index (Phi) is 12.6. The molecule has 6 unspecified atom stereocenters. The number of rotatable bonds is 15. The van der Waals surface area contributed by atoms with Gasteiger partial charge in [-0.25, -0.2) is 4.79 Å². The van der Waals surface area contributed by atoms with E-state index < -0.39 is 84.6 Å². The van der Waals surface area contributed by atoms with E-state index in [2.05, 4.69) is 16.0 Å². The number of carbonyl (C=O) groups is 6. The van der Waals surface area contributed by atoms with Crippen molar-refractivity contribution in [2.75, 3.05) is 0 Å². The normalized spacial score (nSPS) is 16.3.